The third kappa shape index (κ3) is 4.18. The molecule has 32 heavy (non-hydrogen) atoms. The number of carbonyl (C=O) groups excluding carboxylic acids is 3. The van der Waals surface area contributed by atoms with Gasteiger partial charge in [0.15, 0.2) is 5.76 Å². The average molecular weight is 435 g/mol. The summed E-state index contributed by atoms with van der Waals surface area (Å²) in [5, 5.41) is 5.74. The van der Waals surface area contributed by atoms with Gasteiger partial charge in [-0.05, 0) is 38.1 Å². The Labute approximate surface area is 183 Å². The van der Waals surface area contributed by atoms with Gasteiger partial charge in [0.25, 0.3) is 0 Å². The van der Waals surface area contributed by atoms with Gasteiger partial charge >= 0.3 is 18.0 Å². The van der Waals surface area contributed by atoms with Crippen LogP contribution in [0.5, 0.6) is 0 Å². The highest BCUT2D eigenvalue weighted by Crippen LogP contribution is 2.26. The Morgan fingerprint density at radius 2 is 1.94 bits per heavy atom. The van der Waals surface area contributed by atoms with E-state index >= 15 is 0 Å². The summed E-state index contributed by atoms with van der Waals surface area (Å²) in [6, 6.07) is 11.1. The lowest BCUT2D eigenvalue weighted by molar-refractivity contribution is -0.139. The molecule has 0 unspecified atom stereocenters. The maximum Gasteiger partial charge on any atom is 0.339 e. The van der Waals surface area contributed by atoms with E-state index in [1.807, 2.05) is 6.07 Å². The molecule has 0 aliphatic carbocycles. The molecule has 1 aliphatic rings. The summed E-state index contributed by atoms with van der Waals surface area (Å²) in [4.78, 5) is 41.9. The van der Waals surface area contributed by atoms with Crippen molar-refractivity contribution in [3.05, 3.63) is 65.6 Å². The number of amides is 2. The van der Waals surface area contributed by atoms with Crippen molar-refractivity contribution < 1.29 is 28.3 Å². The Hall–Kier alpha value is -4.14. The van der Waals surface area contributed by atoms with Gasteiger partial charge in [0.05, 0.1) is 41.3 Å². The minimum absolute atomic E-state index is 0.175. The number of aromatic nitrogens is 1. The van der Waals surface area contributed by atoms with Crippen LogP contribution in [0.4, 0.5) is 4.79 Å². The van der Waals surface area contributed by atoms with Crippen LogP contribution in [-0.4, -0.2) is 42.2 Å². The second-order valence-corrected chi connectivity index (χ2v) is 7.06. The molecule has 3 aromatic rings. The lowest BCUT2D eigenvalue weighted by Crippen LogP contribution is -2.50. The number of benzene rings is 1. The maximum atomic E-state index is 13.0. The number of rotatable bonds is 6. The number of pyridine rings is 1. The Morgan fingerprint density at radius 3 is 2.69 bits per heavy atom. The van der Waals surface area contributed by atoms with Crippen LogP contribution >= 0.6 is 0 Å². The molecule has 0 bridgehead atoms. The van der Waals surface area contributed by atoms with Crippen LogP contribution in [0.2, 0.25) is 0 Å². The van der Waals surface area contributed by atoms with E-state index in [1.54, 1.807) is 50.2 Å². The fourth-order valence-corrected chi connectivity index (χ4v) is 3.50. The number of para-hydroxylation sites is 1. The maximum absolute atomic E-state index is 13.0. The van der Waals surface area contributed by atoms with E-state index < -0.39 is 24.0 Å². The van der Waals surface area contributed by atoms with Crippen LogP contribution in [0.1, 0.15) is 24.2 Å². The topological polar surface area (TPSA) is 120 Å². The first-order chi connectivity index (χ1) is 15.5. The molecule has 1 aromatic carbocycles. The summed E-state index contributed by atoms with van der Waals surface area (Å²) in [7, 11) is 0. The van der Waals surface area contributed by atoms with Gasteiger partial charge in [-0.15, -0.1) is 0 Å². The number of furan rings is 1. The molecule has 3 heterocycles. The zero-order valence-electron chi connectivity index (χ0n) is 17.5. The molecule has 2 aromatic heterocycles. The summed E-state index contributed by atoms with van der Waals surface area (Å²) < 4.78 is 16.0. The van der Waals surface area contributed by atoms with Crippen LogP contribution in [0, 0.1) is 0 Å². The van der Waals surface area contributed by atoms with Crippen molar-refractivity contribution in [2.45, 2.75) is 19.9 Å². The first-order valence-electron chi connectivity index (χ1n) is 10.1. The standard InChI is InChI=1S/C23H21N3O6/c1-3-30-22(28)20-13(2)24-23(29)26-18(20)12-32-21(27)15-11-17(19-9-6-10-31-19)25-16-8-5-4-7-14(15)16/h4-11,13H,3,12H2,1-2H3,(H2,24,26,29)/t13-/m0/s1. The van der Waals surface area contributed by atoms with Crippen LogP contribution < -0.4 is 10.6 Å². The molecule has 0 saturated carbocycles. The van der Waals surface area contributed by atoms with Crippen LogP contribution in [0.25, 0.3) is 22.4 Å². The molecule has 9 heteroatoms. The third-order valence-corrected chi connectivity index (χ3v) is 4.92. The highest BCUT2D eigenvalue weighted by molar-refractivity contribution is 6.04. The molecule has 164 valence electrons. The molecular weight excluding hydrogens is 414 g/mol. The Bertz CT molecular complexity index is 1220. The average Bonchev–Trinajstić information content (AvgIpc) is 3.31. The minimum Gasteiger partial charge on any atom is -0.463 e. The van der Waals surface area contributed by atoms with Crippen molar-refractivity contribution in [3.8, 4) is 11.5 Å². The van der Waals surface area contributed by atoms with Crippen molar-refractivity contribution in [1.29, 1.82) is 0 Å². The van der Waals surface area contributed by atoms with E-state index in [-0.39, 0.29) is 30.0 Å². The fraction of sp³-hybridized carbons (Fsp3) is 0.217. The first kappa shape index (κ1) is 21.1. The Balaban J connectivity index is 1.66. The minimum atomic E-state index is -0.632. The monoisotopic (exact) mass is 435 g/mol. The first-order valence-corrected chi connectivity index (χ1v) is 10.1. The van der Waals surface area contributed by atoms with Gasteiger partial charge < -0.3 is 24.5 Å². The summed E-state index contributed by atoms with van der Waals surface area (Å²) in [5.41, 5.74) is 1.75. The van der Waals surface area contributed by atoms with Crippen molar-refractivity contribution in [2.24, 2.45) is 0 Å². The van der Waals surface area contributed by atoms with E-state index in [0.29, 0.717) is 22.4 Å². The highest BCUT2D eigenvalue weighted by Gasteiger charge is 2.30. The number of hydrogen-bond donors (Lipinski definition) is 2. The quantitative estimate of drug-likeness (QED) is 0.571. The van der Waals surface area contributed by atoms with Gasteiger partial charge in [-0.3, -0.25) is 0 Å². The summed E-state index contributed by atoms with van der Waals surface area (Å²) in [6.45, 7) is 3.20. The molecule has 0 fully saturated rings. The third-order valence-electron chi connectivity index (χ3n) is 4.92. The molecule has 0 spiro atoms. The lowest BCUT2D eigenvalue weighted by Gasteiger charge is -2.26. The zero-order chi connectivity index (χ0) is 22.7. The highest BCUT2D eigenvalue weighted by atomic mass is 16.5. The summed E-state index contributed by atoms with van der Waals surface area (Å²) in [5.74, 6) is -0.711. The largest absolute Gasteiger partial charge is 0.463 e. The predicted octanol–water partition coefficient (Wildman–Crippen LogP) is 3.17. The molecule has 0 saturated heterocycles. The lowest BCUT2D eigenvalue weighted by atomic mass is 10.0. The van der Waals surface area contributed by atoms with Gasteiger partial charge in [0.1, 0.15) is 12.3 Å². The Kier molecular flexibility index (Phi) is 5.89. The second-order valence-electron chi connectivity index (χ2n) is 7.06. The molecular formula is C23H21N3O6. The number of nitrogens with one attached hydrogen (secondary N) is 2. The van der Waals surface area contributed by atoms with Gasteiger partial charge in [-0.2, -0.15) is 0 Å². The van der Waals surface area contributed by atoms with Gasteiger partial charge in [-0.1, -0.05) is 18.2 Å². The van der Waals surface area contributed by atoms with Crippen LogP contribution in [0.3, 0.4) is 0 Å². The van der Waals surface area contributed by atoms with E-state index in [9.17, 15) is 14.4 Å². The molecule has 0 radical (unpaired) electrons. The van der Waals surface area contributed by atoms with Gasteiger partial charge in [0.2, 0.25) is 0 Å². The van der Waals surface area contributed by atoms with Crippen LogP contribution in [-0.2, 0) is 14.3 Å². The molecule has 9 nitrogen and oxygen atoms in total. The van der Waals surface area contributed by atoms with Crippen molar-refractivity contribution in [1.82, 2.24) is 15.6 Å². The van der Waals surface area contributed by atoms with E-state index in [0.717, 1.165) is 0 Å². The number of carbonyl (C=O) groups is 3. The summed E-state index contributed by atoms with van der Waals surface area (Å²) >= 11 is 0. The molecule has 1 aliphatic heterocycles. The zero-order valence-corrected chi connectivity index (χ0v) is 17.5. The van der Waals surface area contributed by atoms with Gasteiger partial charge in [0, 0.05) is 5.39 Å². The van der Waals surface area contributed by atoms with Crippen molar-refractivity contribution in [3.63, 3.8) is 0 Å². The number of urea groups is 1. The van der Waals surface area contributed by atoms with E-state index in [4.69, 9.17) is 13.9 Å². The van der Waals surface area contributed by atoms with E-state index in [1.165, 1.54) is 6.26 Å². The second kappa shape index (κ2) is 8.93. The molecule has 4 rings (SSSR count). The number of fused-ring (bicyclic) bond motifs is 1. The normalized spacial score (nSPS) is 15.8. The fourth-order valence-electron chi connectivity index (χ4n) is 3.50. The van der Waals surface area contributed by atoms with Gasteiger partial charge in [-0.25, -0.2) is 19.4 Å². The predicted molar refractivity (Wildman–Crippen MR) is 115 cm³/mol. The number of nitrogens with zero attached hydrogens (tertiary/aromatic N) is 1. The summed E-state index contributed by atoms with van der Waals surface area (Å²) in [6.07, 6.45) is 1.52. The number of esters is 2. The molecule has 1 atom stereocenters. The van der Waals surface area contributed by atoms with E-state index in [2.05, 4.69) is 15.6 Å². The SMILES string of the molecule is CCOC(=O)C1=C(COC(=O)c2cc(-c3ccco3)nc3ccccc23)NC(=O)N[C@H]1C. The number of ether oxygens (including phenoxy) is 2. The molecule has 2 amide bonds. The Morgan fingerprint density at radius 1 is 1.12 bits per heavy atom. The van der Waals surface area contributed by atoms with Crippen molar-refractivity contribution in [2.75, 3.05) is 13.2 Å². The molecule has 2 N–H and O–H groups in total. The number of hydrogen-bond acceptors (Lipinski definition) is 7. The smallest absolute Gasteiger partial charge is 0.339 e. The van der Waals surface area contributed by atoms with Crippen LogP contribution in [0.15, 0.2) is 64.4 Å². The van der Waals surface area contributed by atoms with Crippen molar-refractivity contribution >= 4 is 28.9 Å².